The van der Waals surface area contributed by atoms with E-state index in [4.69, 9.17) is 0 Å². The predicted molar refractivity (Wildman–Crippen MR) is 64.7 cm³/mol. The highest BCUT2D eigenvalue weighted by atomic mass is 32.2. The zero-order valence-electron chi connectivity index (χ0n) is 9.51. The van der Waals surface area contributed by atoms with Crippen molar-refractivity contribution < 1.29 is 0 Å². The summed E-state index contributed by atoms with van der Waals surface area (Å²) < 4.78 is 1.59. The summed E-state index contributed by atoms with van der Waals surface area (Å²) in [5.41, 5.74) is 0.648. The highest BCUT2D eigenvalue weighted by Crippen LogP contribution is 2.21. The monoisotopic (exact) mass is 238 g/mol. The summed E-state index contributed by atoms with van der Waals surface area (Å²) in [6, 6.07) is 3.71. The fraction of sp³-hybridized carbons (Fsp3) is 0.556. The molecule has 6 nitrogen and oxygen atoms in total. The molecule has 0 aromatic carbocycles. The van der Waals surface area contributed by atoms with Gasteiger partial charge in [-0.05, 0) is 42.7 Å². The van der Waals surface area contributed by atoms with Crippen LogP contribution in [0.25, 0.3) is 5.65 Å². The third-order valence-electron chi connectivity index (χ3n) is 2.32. The van der Waals surface area contributed by atoms with E-state index in [0.717, 1.165) is 12.4 Å². The van der Waals surface area contributed by atoms with Crippen LogP contribution in [-0.2, 0) is 0 Å². The summed E-state index contributed by atoms with van der Waals surface area (Å²) in [4.78, 5) is 0. The maximum atomic E-state index is 4.23. The Morgan fingerprint density at radius 2 is 2.25 bits per heavy atom. The number of rotatable bonds is 4. The van der Waals surface area contributed by atoms with E-state index >= 15 is 0 Å². The average molecular weight is 238 g/mol. The Kier molecular flexibility index (Phi) is 2.95. The quantitative estimate of drug-likeness (QED) is 0.859. The van der Waals surface area contributed by atoms with Gasteiger partial charge in [0.2, 0.25) is 0 Å². The minimum absolute atomic E-state index is 0.178. The molecular formula is C9H14N6S. The minimum Gasteiger partial charge on any atom is -0.367 e. The number of tetrazole rings is 1. The Labute approximate surface area is 97.8 Å². The van der Waals surface area contributed by atoms with Crippen LogP contribution in [0, 0.1) is 0 Å². The van der Waals surface area contributed by atoms with Gasteiger partial charge >= 0.3 is 0 Å². The van der Waals surface area contributed by atoms with E-state index < -0.39 is 0 Å². The number of thioether (sulfide) groups is 1. The van der Waals surface area contributed by atoms with Gasteiger partial charge in [0.05, 0.1) is 0 Å². The molecule has 0 fully saturated rings. The Morgan fingerprint density at radius 1 is 1.44 bits per heavy atom. The Balaban J connectivity index is 2.09. The molecule has 2 heterocycles. The van der Waals surface area contributed by atoms with Crippen LogP contribution in [-0.4, -0.2) is 42.8 Å². The van der Waals surface area contributed by atoms with Gasteiger partial charge in [0.1, 0.15) is 5.82 Å². The molecule has 0 saturated heterocycles. The molecule has 2 aromatic heterocycles. The van der Waals surface area contributed by atoms with Crippen molar-refractivity contribution in [3.63, 3.8) is 0 Å². The highest BCUT2D eigenvalue weighted by Gasteiger charge is 2.15. The molecule has 0 aliphatic carbocycles. The molecule has 0 aliphatic heterocycles. The van der Waals surface area contributed by atoms with Crippen LogP contribution in [0.2, 0.25) is 0 Å². The van der Waals surface area contributed by atoms with Gasteiger partial charge in [-0.2, -0.15) is 11.8 Å². The number of nitrogens with zero attached hydrogens (tertiary/aromatic N) is 5. The van der Waals surface area contributed by atoms with Gasteiger partial charge in [-0.3, -0.25) is 0 Å². The summed E-state index contributed by atoms with van der Waals surface area (Å²) >= 11 is 1.81. The number of nitrogens with one attached hydrogen (secondary N) is 1. The maximum Gasteiger partial charge on any atom is 0.200 e. The largest absolute Gasteiger partial charge is 0.367 e. The summed E-state index contributed by atoms with van der Waals surface area (Å²) in [6.45, 7) is 5.20. The number of fused-ring (bicyclic) bond motifs is 1. The molecule has 86 valence electrons. The van der Waals surface area contributed by atoms with Gasteiger partial charge in [0, 0.05) is 11.3 Å². The molecule has 0 atom stereocenters. The topological polar surface area (TPSA) is 68.0 Å². The van der Waals surface area contributed by atoms with E-state index in [1.807, 2.05) is 23.9 Å². The summed E-state index contributed by atoms with van der Waals surface area (Å²) in [7, 11) is 0. The molecule has 0 unspecified atom stereocenters. The van der Waals surface area contributed by atoms with E-state index in [9.17, 15) is 0 Å². The van der Waals surface area contributed by atoms with Crippen LogP contribution >= 0.6 is 11.8 Å². The summed E-state index contributed by atoms with van der Waals surface area (Å²) in [5, 5.41) is 18.6. The lowest BCUT2D eigenvalue weighted by Gasteiger charge is -2.22. The minimum atomic E-state index is 0.178. The molecule has 1 N–H and O–H groups in total. The average Bonchev–Trinajstić information content (AvgIpc) is 2.73. The van der Waals surface area contributed by atoms with Crippen LogP contribution in [0.4, 0.5) is 5.82 Å². The van der Waals surface area contributed by atoms with E-state index in [-0.39, 0.29) is 4.75 Å². The zero-order chi connectivity index (χ0) is 11.6. The number of hydrogen-bond acceptors (Lipinski definition) is 6. The number of aromatic nitrogens is 5. The molecule has 0 aliphatic rings. The summed E-state index contributed by atoms with van der Waals surface area (Å²) in [6.07, 6.45) is 2.10. The molecule has 2 rings (SSSR count). The number of anilines is 1. The van der Waals surface area contributed by atoms with Crippen molar-refractivity contribution in [2.45, 2.75) is 18.6 Å². The molecule has 16 heavy (non-hydrogen) atoms. The van der Waals surface area contributed by atoms with Gasteiger partial charge in [0.15, 0.2) is 5.65 Å². The molecular weight excluding hydrogens is 224 g/mol. The molecule has 2 aromatic rings. The van der Waals surface area contributed by atoms with Gasteiger partial charge in [-0.1, -0.05) is 0 Å². The van der Waals surface area contributed by atoms with Crippen LogP contribution in [0.5, 0.6) is 0 Å². The van der Waals surface area contributed by atoms with Crippen LogP contribution < -0.4 is 5.32 Å². The second-order valence-electron chi connectivity index (χ2n) is 4.06. The zero-order valence-corrected chi connectivity index (χ0v) is 10.3. The van der Waals surface area contributed by atoms with E-state index in [2.05, 4.69) is 46.0 Å². The van der Waals surface area contributed by atoms with Crippen molar-refractivity contribution >= 4 is 23.2 Å². The van der Waals surface area contributed by atoms with Crippen molar-refractivity contribution in [3.8, 4) is 0 Å². The molecule has 0 bridgehead atoms. The van der Waals surface area contributed by atoms with Crippen molar-refractivity contribution in [1.29, 1.82) is 0 Å². The van der Waals surface area contributed by atoms with Crippen molar-refractivity contribution in [3.05, 3.63) is 12.1 Å². The molecule has 0 amide bonds. The van der Waals surface area contributed by atoms with Gasteiger partial charge < -0.3 is 5.32 Å². The smallest absolute Gasteiger partial charge is 0.200 e. The predicted octanol–water partition coefficient (Wildman–Crippen LogP) is 1.07. The normalized spacial score (nSPS) is 11.9. The van der Waals surface area contributed by atoms with Crippen molar-refractivity contribution in [1.82, 2.24) is 25.3 Å². The fourth-order valence-corrected chi connectivity index (χ4v) is 1.34. The van der Waals surface area contributed by atoms with E-state index in [0.29, 0.717) is 5.65 Å². The maximum absolute atomic E-state index is 4.23. The van der Waals surface area contributed by atoms with Crippen molar-refractivity contribution in [2.75, 3.05) is 18.1 Å². The Bertz CT molecular complexity index is 480. The fourth-order valence-electron chi connectivity index (χ4n) is 1.12. The SMILES string of the molecule is CSC(C)(C)CNc1ccc2nnnn2n1. The lowest BCUT2D eigenvalue weighted by Crippen LogP contribution is -2.26. The number of hydrogen-bond donors (Lipinski definition) is 1. The van der Waals surface area contributed by atoms with Gasteiger partial charge in [-0.25, -0.2) is 0 Å². The molecule has 0 spiro atoms. The van der Waals surface area contributed by atoms with Crippen LogP contribution in [0.15, 0.2) is 12.1 Å². The first-order valence-electron chi connectivity index (χ1n) is 4.95. The lowest BCUT2D eigenvalue weighted by atomic mass is 10.2. The van der Waals surface area contributed by atoms with E-state index in [1.54, 1.807) is 0 Å². The highest BCUT2D eigenvalue weighted by molar-refractivity contribution is 7.99. The van der Waals surface area contributed by atoms with E-state index in [1.165, 1.54) is 4.63 Å². The first-order chi connectivity index (χ1) is 7.61. The third-order valence-corrected chi connectivity index (χ3v) is 3.57. The summed E-state index contributed by atoms with van der Waals surface area (Å²) in [5.74, 6) is 0.780. The van der Waals surface area contributed by atoms with Crippen LogP contribution in [0.1, 0.15) is 13.8 Å². The van der Waals surface area contributed by atoms with Gasteiger partial charge in [0.25, 0.3) is 0 Å². The molecule has 0 radical (unpaired) electrons. The molecule has 7 heteroatoms. The molecule has 0 saturated carbocycles. The van der Waals surface area contributed by atoms with Crippen LogP contribution in [0.3, 0.4) is 0 Å². The second kappa shape index (κ2) is 4.25. The second-order valence-corrected chi connectivity index (χ2v) is 5.58. The lowest BCUT2D eigenvalue weighted by molar-refractivity contribution is 0.718. The third kappa shape index (κ3) is 2.41. The van der Waals surface area contributed by atoms with Gasteiger partial charge in [-0.15, -0.1) is 14.8 Å². The van der Waals surface area contributed by atoms with Crippen molar-refractivity contribution in [2.24, 2.45) is 0 Å². The Hall–Kier alpha value is -1.37. The first kappa shape index (κ1) is 11.1. The standard InChI is InChI=1S/C9H14N6S/c1-9(2,16-3)6-10-7-4-5-8-11-13-14-15(8)12-7/h4-5H,6H2,1-3H3,(H,10,12). The Morgan fingerprint density at radius 3 is 3.00 bits per heavy atom. The first-order valence-corrected chi connectivity index (χ1v) is 6.18.